The Morgan fingerprint density at radius 2 is 1.95 bits per heavy atom. The maximum absolute atomic E-state index is 12.1. The molecule has 1 aliphatic heterocycles. The quantitative estimate of drug-likeness (QED) is 0.762. The summed E-state index contributed by atoms with van der Waals surface area (Å²) in [5.74, 6) is 0.217. The molecule has 2 heterocycles. The molecule has 1 aromatic carbocycles. The van der Waals surface area contributed by atoms with E-state index >= 15 is 0 Å². The van der Waals surface area contributed by atoms with E-state index in [0.717, 1.165) is 18.4 Å². The van der Waals surface area contributed by atoms with Crippen LogP contribution in [0.1, 0.15) is 30.9 Å². The van der Waals surface area contributed by atoms with Crippen molar-refractivity contribution >= 4 is 20.9 Å². The van der Waals surface area contributed by atoms with Gasteiger partial charge in [-0.05, 0) is 30.5 Å². The molecule has 108 valence electrons. The maximum atomic E-state index is 12.1. The molecule has 1 aliphatic rings. The maximum Gasteiger partial charge on any atom is 0.323 e. The van der Waals surface area contributed by atoms with Crippen molar-refractivity contribution in [3.8, 4) is 0 Å². The fourth-order valence-corrected chi connectivity index (χ4v) is 4.89. The number of imidazole rings is 1. The van der Waals surface area contributed by atoms with Gasteiger partial charge in [0.05, 0.1) is 22.0 Å². The molecule has 7 heteroatoms. The van der Waals surface area contributed by atoms with Crippen molar-refractivity contribution in [2.75, 3.05) is 5.75 Å². The average molecular weight is 295 g/mol. The van der Waals surface area contributed by atoms with Gasteiger partial charge in [0, 0.05) is 6.04 Å². The van der Waals surface area contributed by atoms with E-state index in [0.29, 0.717) is 17.5 Å². The van der Waals surface area contributed by atoms with Gasteiger partial charge in [0.2, 0.25) is 0 Å². The van der Waals surface area contributed by atoms with Crippen molar-refractivity contribution in [1.82, 2.24) is 9.97 Å². The monoisotopic (exact) mass is 295 g/mol. The van der Waals surface area contributed by atoms with E-state index in [4.69, 9.17) is 5.73 Å². The van der Waals surface area contributed by atoms with Crippen molar-refractivity contribution in [2.45, 2.75) is 30.6 Å². The fourth-order valence-electron chi connectivity index (χ4n) is 2.85. The molecule has 4 N–H and O–H groups in total. The number of nitrogens with two attached hydrogens (primary N) is 1. The third-order valence-electron chi connectivity index (χ3n) is 3.95. The van der Waals surface area contributed by atoms with Crippen LogP contribution in [-0.2, 0) is 9.84 Å². The molecule has 0 spiro atoms. The molecule has 3 rings (SSSR count). The number of hydrogen-bond acceptors (Lipinski definition) is 4. The molecule has 2 unspecified atom stereocenters. The van der Waals surface area contributed by atoms with E-state index in [9.17, 15) is 13.2 Å². The Balaban J connectivity index is 1.99. The molecule has 6 nitrogen and oxygen atoms in total. The summed E-state index contributed by atoms with van der Waals surface area (Å²) in [5.41, 5.74) is 7.96. The van der Waals surface area contributed by atoms with Crippen molar-refractivity contribution in [1.29, 1.82) is 0 Å². The smallest absolute Gasteiger partial charge is 0.323 e. The zero-order valence-electron chi connectivity index (χ0n) is 10.9. The second kappa shape index (κ2) is 4.75. The lowest BCUT2D eigenvalue weighted by molar-refractivity contribution is 0.505. The number of nitrogens with one attached hydrogen (secondary N) is 2. The zero-order valence-corrected chi connectivity index (χ0v) is 11.7. The number of sulfone groups is 1. The summed E-state index contributed by atoms with van der Waals surface area (Å²) in [6.07, 6.45) is 2.21. The van der Waals surface area contributed by atoms with Crippen LogP contribution in [-0.4, -0.2) is 29.4 Å². The summed E-state index contributed by atoms with van der Waals surface area (Å²) in [4.78, 5) is 16.5. The summed E-state index contributed by atoms with van der Waals surface area (Å²) in [5, 5.41) is -0.528. The SMILES string of the molecule is NC(c1ccc2[nH]c(=O)[nH]c2c1)C1CCCCS1(=O)=O. The average Bonchev–Trinajstić information content (AvgIpc) is 2.76. The number of H-pyrrole nitrogens is 2. The highest BCUT2D eigenvalue weighted by atomic mass is 32.2. The molecule has 1 aromatic heterocycles. The van der Waals surface area contributed by atoms with Crippen LogP contribution in [0.2, 0.25) is 0 Å². The van der Waals surface area contributed by atoms with Gasteiger partial charge in [-0.25, -0.2) is 13.2 Å². The van der Waals surface area contributed by atoms with Gasteiger partial charge in [-0.1, -0.05) is 12.5 Å². The summed E-state index contributed by atoms with van der Waals surface area (Å²) >= 11 is 0. The minimum atomic E-state index is -3.12. The van der Waals surface area contributed by atoms with Crippen LogP contribution in [0.5, 0.6) is 0 Å². The summed E-state index contributed by atoms with van der Waals surface area (Å²) in [6, 6.07) is 4.73. The van der Waals surface area contributed by atoms with Gasteiger partial charge in [0.25, 0.3) is 0 Å². The standard InChI is InChI=1S/C13H17N3O3S/c14-12(11-3-1-2-6-20(11,18)19)8-4-5-9-10(7-8)16-13(17)15-9/h4-5,7,11-12H,1-3,6,14H2,(H2,15,16,17). The highest BCUT2D eigenvalue weighted by Crippen LogP contribution is 2.29. The normalized spacial score (nSPS) is 23.8. The van der Waals surface area contributed by atoms with Gasteiger partial charge in [-0.3, -0.25) is 0 Å². The second-order valence-corrected chi connectivity index (χ2v) is 7.65. The summed E-state index contributed by atoms with van der Waals surface area (Å²) in [6.45, 7) is 0. The Hall–Kier alpha value is -1.60. The molecule has 2 atom stereocenters. The van der Waals surface area contributed by atoms with E-state index < -0.39 is 21.1 Å². The fraction of sp³-hybridized carbons (Fsp3) is 0.462. The lowest BCUT2D eigenvalue weighted by Gasteiger charge is -2.27. The third-order valence-corrected chi connectivity index (χ3v) is 6.26. The van der Waals surface area contributed by atoms with Gasteiger partial charge < -0.3 is 15.7 Å². The lowest BCUT2D eigenvalue weighted by Crippen LogP contribution is -2.37. The lowest BCUT2D eigenvalue weighted by atomic mass is 10.00. The van der Waals surface area contributed by atoms with Gasteiger partial charge in [-0.2, -0.15) is 0 Å². The second-order valence-electron chi connectivity index (χ2n) is 5.31. The number of hydrogen-bond donors (Lipinski definition) is 3. The van der Waals surface area contributed by atoms with Crippen molar-refractivity contribution in [3.05, 3.63) is 34.2 Å². The molecular weight excluding hydrogens is 278 g/mol. The van der Waals surface area contributed by atoms with Gasteiger partial charge >= 0.3 is 5.69 Å². The van der Waals surface area contributed by atoms with Gasteiger partial charge in [-0.15, -0.1) is 0 Å². The molecule has 0 saturated carbocycles. The van der Waals surface area contributed by atoms with E-state index in [2.05, 4.69) is 9.97 Å². The first-order valence-corrected chi connectivity index (χ1v) is 8.38. The van der Waals surface area contributed by atoms with Crippen LogP contribution >= 0.6 is 0 Å². The summed E-state index contributed by atoms with van der Waals surface area (Å²) < 4.78 is 24.2. The van der Waals surface area contributed by atoms with Crippen molar-refractivity contribution < 1.29 is 8.42 Å². The molecule has 20 heavy (non-hydrogen) atoms. The first kappa shape index (κ1) is 13.4. The van der Waals surface area contributed by atoms with Gasteiger partial charge in [0.15, 0.2) is 9.84 Å². The van der Waals surface area contributed by atoms with E-state index in [1.807, 2.05) is 0 Å². The predicted octanol–water partition coefficient (Wildman–Crippen LogP) is 0.823. The molecule has 2 aromatic rings. The molecule has 1 fully saturated rings. The first-order valence-electron chi connectivity index (χ1n) is 6.66. The van der Waals surface area contributed by atoms with Crippen LogP contribution < -0.4 is 11.4 Å². The summed E-state index contributed by atoms with van der Waals surface area (Å²) in [7, 11) is -3.12. The Labute approximate surface area is 116 Å². The van der Waals surface area contributed by atoms with Crippen LogP contribution in [0.25, 0.3) is 11.0 Å². The Bertz CT molecular complexity index is 791. The van der Waals surface area contributed by atoms with E-state index in [1.165, 1.54) is 0 Å². The Morgan fingerprint density at radius 1 is 1.20 bits per heavy atom. The number of fused-ring (bicyclic) bond motifs is 1. The van der Waals surface area contributed by atoms with Crippen LogP contribution in [0.4, 0.5) is 0 Å². The predicted molar refractivity (Wildman–Crippen MR) is 77.3 cm³/mol. The number of aromatic amines is 2. The molecule has 0 bridgehead atoms. The highest BCUT2D eigenvalue weighted by molar-refractivity contribution is 7.92. The van der Waals surface area contributed by atoms with Crippen LogP contribution in [0.15, 0.2) is 23.0 Å². The minimum absolute atomic E-state index is 0.217. The van der Waals surface area contributed by atoms with Crippen LogP contribution in [0.3, 0.4) is 0 Å². The van der Waals surface area contributed by atoms with Gasteiger partial charge in [0.1, 0.15) is 0 Å². The first-order chi connectivity index (χ1) is 9.47. The number of benzene rings is 1. The topological polar surface area (TPSA) is 109 Å². The molecule has 1 saturated heterocycles. The third kappa shape index (κ3) is 2.27. The minimum Gasteiger partial charge on any atom is -0.323 e. The molecule has 0 amide bonds. The number of rotatable bonds is 2. The largest absolute Gasteiger partial charge is 0.323 e. The zero-order chi connectivity index (χ0) is 14.3. The highest BCUT2D eigenvalue weighted by Gasteiger charge is 2.34. The van der Waals surface area contributed by atoms with Crippen LogP contribution in [0, 0.1) is 0 Å². The number of aromatic nitrogens is 2. The molecule has 0 radical (unpaired) electrons. The van der Waals surface area contributed by atoms with Crippen molar-refractivity contribution in [2.24, 2.45) is 5.73 Å². The van der Waals surface area contributed by atoms with E-state index in [-0.39, 0.29) is 11.4 Å². The molecule has 0 aliphatic carbocycles. The Kier molecular flexibility index (Phi) is 3.18. The van der Waals surface area contributed by atoms with Crippen molar-refractivity contribution in [3.63, 3.8) is 0 Å². The Morgan fingerprint density at radius 3 is 2.70 bits per heavy atom. The molecular formula is C13H17N3O3S. The van der Waals surface area contributed by atoms with E-state index in [1.54, 1.807) is 18.2 Å².